The van der Waals surface area contributed by atoms with Gasteiger partial charge in [-0.3, -0.25) is 0 Å². The predicted octanol–water partition coefficient (Wildman–Crippen LogP) is 0.130. The van der Waals surface area contributed by atoms with Crippen LogP contribution >= 0.6 is 11.6 Å². The lowest BCUT2D eigenvalue weighted by atomic mass is 10.0. The molecule has 2 aromatic heterocycles. The molecule has 0 aliphatic carbocycles. The minimum absolute atomic E-state index is 0. The summed E-state index contributed by atoms with van der Waals surface area (Å²) in [5, 5.41) is -0.101. The molecule has 0 atom stereocenters. The Balaban J connectivity index is 0.00000324. The van der Waals surface area contributed by atoms with E-state index in [-0.39, 0.29) is 53.1 Å². The number of nitrogens with two attached hydrogens (primary N) is 2. The lowest BCUT2D eigenvalue weighted by Gasteiger charge is -2.07. The number of carbonyl (C=O) groups is 1. The van der Waals surface area contributed by atoms with Crippen LogP contribution in [0, 0.1) is 0 Å². The molecule has 2 heterocycles. The van der Waals surface area contributed by atoms with E-state index in [0.29, 0.717) is 6.54 Å². The van der Waals surface area contributed by atoms with Gasteiger partial charge in [-0.1, -0.05) is 23.7 Å². The quantitative estimate of drug-likeness (QED) is 0.185. The Hall–Kier alpha value is -3.12. The maximum absolute atomic E-state index is 12.6. The number of carbonyl (C=O) groups excluding carboxylic acids is 1. The average Bonchev–Trinajstić information content (AvgIpc) is 3.10. The highest BCUT2D eigenvalue weighted by molar-refractivity contribution is 6.31. The van der Waals surface area contributed by atoms with Crippen LogP contribution in [-0.2, 0) is 24.9 Å². The number of hydrogen-bond acceptors (Lipinski definition) is 7. The Bertz CT molecular complexity index is 1360. The van der Waals surface area contributed by atoms with Crippen LogP contribution in [0.1, 0.15) is 23.2 Å². The number of anilines is 2. The molecule has 2 aromatic carbocycles. The second-order valence-electron chi connectivity index (χ2n) is 7.36. The number of methoxy groups -OCH3 is 1. The molecule has 34 heavy (non-hydrogen) atoms. The number of aromatic nitrogens is 4. The number of rotatable bonds is 6. The third-order valence-corrected chi connectivity index (χ3v) is 5.77. The minimum Gasteiger partial charge on any atom is -1.00 e. The summed E-state index contributed by atoms with van der Waals surface area (Å²) in [7, 11) is 3.57. The minimum atomic E-state index is -0.728. The Labute approximate surface area is 218 Å². The van der Waals surface area contributed by atoms with Gasteiger partial charge in [-0.05, 0) is 48.4 Å². The molecule has 0 saturated heterocycles. The molecule has 0 amide bonds. The topological polar surface area (TPSA) is 122 Å². The SMILES string of the molecule is CCn1c(COC(=O)c2nc(Cl)c(N)nc2N)[n+](C)c2ccc(-c3ccc(OC)cc3)cc21.[I-]. The molecule has 0 fully saturated rings. The smallest absolute Gasteiger partial charge is 0.361 e. The summed E-state index contributed by atoms with van der Waals surface area (Å²) >= 11 is 5.88. The van der Waals surface area contributed by atoms with Crippen molar-refractivity contribution < 1.29 is 42.8 Å². The lowest BCUT2D eigenvalue weighted by Crippen LogP contribution is -3.00. The van der Waals surface area contributed by atoms with Gasteiger partial charge in [-0.2, -0.15) is 0 Å². The molecule has 0 bridgehead atoms. The fourth-order valence-corrected chi connectivity index (χ4v) is 3.89. The van der Waals surface area contributed by atoms with Gasteiger partial charge in [-0.25, -0.2) is 23.9 Å². The van der Waals surface area contributed by atoms with Gasteiger partial charge in [0.2, 0.25) is 0 Å². The summed E-state index contributed by atoms with van der Waals surface area (Å²) in [5.41, 5.74) is 15.3. The highest BCUT2D eigenvalue weighted by atomic mass is 127. The Morgan fingerprint density at radius 2 is 1.76 bits per heavy atom. The van der Waals surface area contributed by atoms with Gasteiger partial charge in [-0.15, -0.1) is 0 Å². The summed E-state index contributed by atoms with van der Waals surface area (Å²) < 4.78 is 14.8. The fourth-order valence-electron chi connectivity index (χ4n) is 3.76. The molecular weight excluding hydrogens is 571 g/mol. The fraction of sp³-hybridized carbons (Fsp3) is 0.217. The Morgan fingerprint density at radius 3 is 2.41 bits per heavy atom. The largest absolute Gasteiger partial charge is 1.00 e. The number of hydrogen-bond donors (Lipinski definition) is 2. The molecule has 0 saturated carbocycles. The van der Waals surface area contributed by atoms with Gasteiger partial charge in [0.05, 0.1) is 20.7 Å². The van der Waals surface area contributed by atoms with Crippen molar-refractivity contribution in [1.82, 2.24) is 14.5 Å². The number of esters is 1. The zero-order chi connectivity index (χ0) is 23.7. The van der Waals surface area contributed by atoms with Gasteiger partial charge < -0.3 is 44.9 Å². The monoisotopic (exact) mass is 594 g/mol. The first-order valence-electron chi connectivity index (χ1n) is 10.2. The lowest BCUT2D eigenvalue weighted by molar-refractivity contribution is -0.656. The molecule has 4 aromatic rings. The molecule has 4 rings (SSSR count). The van der Waals surface area contributed by atoms with Crippen molar-refractivity contribution in [2.75, 3.05) is 18.6 Å². The van der Waals surface area contributed by atoms with Crippen LogP contribution in [0.4, 0.5) is 11.6 Å². The van der Waals surface area contributed by atoms with Crippen molar-refractivity contribution in [3.8, 4) is 16.9 Å². The first-order valence-corrected chi connectivity index (χ1v) is 10.6. The van der Waals surface area contributed by atoms with Crippen LogP contribution in [0.3, 0.4) is 0 Å². The standard InChI is InChI=1S/C23H23ClN6O3.HI/c1-4-30-17-11-14(13-5-8-15(32-3)9-6-13)7-10-16(17)29(2)18(30)12-33-23(31)19-21(25)28-22(26)20(24)27-19;/h5-11H,4,12H2,1-3H3,(H3-,25,26,28,31);1H. The van der Waals surface area contributed by atoms with Crippen molar-refractivity contribution in [1.29, 1.82) is 0 Å². The van der Waals surface area contributed by atoms with E-state index in [4.69, 9.17) is 32.5 Å². The summed E-state index contributed by atoms with van der Waals surface area (Å²) in [4.78, 5) is 20.3. The van der Waals surface area contributed by atoms with E-state index < -0.39 is 5.97 Å². The second-order valence-corrected chi connectivity index (χ2v) is 7.72. The summed E-state index contributed by atoms with van der Waals surface area (Å²) in [6.45, 7) is 2.73. The van der Waals surface area contributed by atoms with E-state index in [1.807, 2.05) is 42.8 Å². The van der Waals surface area contributed by atoms with Crippen LogP contribution in [0.25, 0.3) is 22.2 Å². The summed E-state index contributed by atoms with van der Waals surface area (Å²) in [6, 6.07) is 14.1. The Morgan fingerprint density at radius 1 is 1.09 bits per heavy atom. The van der Waals surface area contributed by atoms with Crippen LogP contribution in [0.2, 0.25) is 5.15 Å². The molecule has 0 unspecified atom stereocenters. The Kier molecular flexibility index (Phi) is 7.82. The summed E-state index contributed by atoms with van der Waals surface area (Å²) in [6.07, 6.45) is 0. The summed E-state index contributed by atoms with van der Waals surface area (Å²) in [5.74, 6) is 0.705. The number of fused-ring (bicyclic) bond motifs is 1. The normalized spacial score (nSPS) is 10.7. The highest BCUT2D eigenvalue weighted by Crippen LogP contribution is 2.26. The van der Waals surface area contributed by atoms with E-state index >= 15 is 0 Å². The second kappa shape index (κ2) is 10.4. The van der Waals surface area contributed by atoms with E-state index in [9.17, 15) is 4.79 Å². The van der Waals surface area contributed by atoms with Crippen molar-refractivity contribution in [3.05, 3.63) is 59.1 Å². The predicted molar refractivity (Wildman–Crippen MR) is 126 cm³/mol. The highest BCUT2D eigenvalue weighted by Gasteiger charge is 2.25. The van der Waals surface area contributed by atoms with E-state index in [0.717, 1.165) is 33.7 Å². The van der Waals surface area contributed by atoms with Crippen molar-refractivity contribution >= 4 is 40.2 Å². The van der Waals surface area contributed by atoms with Crippen LogP contribution in [0.5, 0.6) is 5.75 Å². The van der Waals surface area contributed by atoms with Gasteiger partial charge in [0.25, 0.3) is 5.82 Å². The van der Waals surface area contributed by atoms with Crippen LogP contribution in [0.15, 0.2) is 42.5 Å². The first-order chi connectivity index (χ1) is 15.8. The van der Waals surface area contributed by atoms with Gasteiger partial charge in [0, 0.05) is 0 Å². The van der Waals surface area contributed by atoms with E-state index in [1.165, 1.54) is 0 Å². The molecule has 0 radical (unpaired) electrons. The number of nitrogens with zero attached hydrogens (tertiary/aromatic N) is 4. The number of imidazole rings is 1. The maximum Gasteiger partial charge on any atom is 0.361 e. The van der Waals surface area contributed by atoms with Crippen LogP contribution in [-0.4, -0.2) is 27.6 Å². The maximum atomic E-state index is 12.6. The number of halogens is 2. The number of ether oxygens (including phenoxy) is 2. The zero-order valence-electron chi connectivity index (χ0n) is 18.9. The zero-order valence-corrected chi connectivity index (χ0v) is 21.8. The molecule has 0 aliphatic heterocycles. The van der Waals surface area contributed by atoms with Crippen molar-refractivity contribution in [2.45, 2.75) is 20.1 Å². The molecular formula is C23H24ClIN6O3. The van der Waals surface area contributed by atoms with Gasteiger partial charge in [0.15, 0.2) is 40.1 Å². The molecule has 11 heteroatoms. The van der Waals surface area contributed by atoms with Gasteiger partial charge >= 0.3 is 5.97 Å². The average molecular weight is 595 g/mol. The molecule has 178 valence electrons. The van der Waals surface area contributed by atoms with Gasteiger partial charge in [0.1, 0.15) is 5.75 Å². The molecule has 4 N–H and O–H groups in total. The third-order valence-electron chi connectivity index (χ3n) is 5.50. The first kappa shape index (κ1) is 25.5. The number of benzene rings is 2. The third kappa shape index (κ3) is 4.73. The molecule has 9 nitrogen and oxygen atoms in total. The van der Waals surface area contributed by atoms with E-state index in [2.05, 4.69) is 32.7 Å². The van der Waals surface area contributed by atoms with Crippen LogP contribution < -0.4 is 44.7 Å². The molecule has 0 spiro atoms. The number of nitrogen functional groups attached to an aromatic ring is 2. The van der Waals surface area contributed by atoms with Crippen molar-refractivity contribution in [2.24, 2.45) is 7.05 Å². The number of aryl methyl sites for hydroxylation is 2. The molecule has 0 aliphatic rings. The van der Waals surface area contributed by atoms with E-state index in [1.54, 1.807) is 7.11 Å². The van der Waals surface area contributed by atoms with Crippen molar-refractivity contribution in [3.63, 3.8) is 0 Å².